The fourth-order valence-electron chi connectivity index (χ4n) is 1.38. The van der Waals surface area contributed by atoms with Crippen molar-refractivity contribution in [2.45, 2.75) is 13.3 Å². The van der Waals surface area contributed by atoms with Crippen molar-refractivity contribution in [3.63, 3.8) is 0 Å². The van der Waals surface area contributed by atoms with E-state index in [4.69, 9.17) is 4.74 Å². The smallest absolute Gasteiger partial charge is 0.293 e. The van der Waals surface area contributed by atoms with Crippen LogP contribution in [0.2, 0.25) is 0 Å². The van der Waals surface area contributed by atoms with Crippen LogP contribution in [-0.2, 0) is 0 Å². The van der Waals surface area contributed by atoms with Gasteiger partial charge in [0, 0.05) is 24.0 Å². The second kappa shape index (κ2) is 4.02. The summed E-state index contributed by atoms with van der Waals surface area (Å²) < 4.78 is 9.57. The van der Waals surface area contributed by atoms with E-state index in [-0.39, 0.29) is 0 Å². The lowest BCUT2D eigenvalue weighted by atomic mass is 10.1. The highest BCUT2D eigenvalue weighted by Crippen LogP contribution is 2.16. The van der Waals surface area contributed by atoms with Crippen molar-refractivity contribution in [2.24, 2.45) is 5.92 Å². The lowest BCUT2D eigenvalue weighted by Gasteiger charge is -2.06. The summed E-state index contributed by atoms with van der Waals surface area (Å²) >= 11 is 1.33. The van der Waals surface area contributed by atoms with Crippen LogP contribution in [0.15, 0.2) is 0 Å². The van der Waals surface area contributed by atoms with Gasteiger partial charge in [-0.3, -0.25) is 0 Å². The first-order valence-electron chi connectivity index (χ1n) is 4.48. The maximum absolute atomic E-state index is 5.52. The summed E-state index contributed by atoms with van der Waals surface area (Å²) in [5.41, 5.74) is 0. The van der Waals surface area contributed by atoms with E-state index in [0.29, 0.717) is 11.1 Å². The fourth-order valence-corrected chi connectivity index (χ4v) is 1.93. The third-order valence-electron chi connectivity index (χ3n) is 2.11. The Balaban J connectivity index is 1.78. The predicted octanol–water partition coefficient (Wildman–Crippen LogP) is 0.835. The van der Waals surface area contributed by atoms with Crippen LogP contribution < -0.4 is 10.1 Å². The summed E-state index contributed by atoms with van der Waals surface area (Å²) in [6, 6.07) is 0. The molecule has 1 N–H and O–H groups in total. The first-order chi connectivity index (χ1) is 6.34. The molecule has 0 bridgehead atoms. The van der Waals surface area contributed by atoms with Crippen molar-refractivity contribution < 1.29 is 4.74 Å². The van der Waals surface area contributed by atoms with Gasteiger partial charge in [0.2, 0.25) is 0 Å². The van der Waals surface area contributed by atoms with Gasteiger partial charge in [0.05, 0.1) is 6.61 Å². The molecule has 0 radical (unpaired) electrons. The molecule has 1 unspecified atom stereocenters. The van der Waals surface area contributed by atoms with E-state index in [1.54, 1.807) is 0 Å². The zero-order chi connectivity index (χ0) is 9.10. The SMILES string of the molecule is Cc1nsc(OCC2CCNC2)n1. The van der Waals surface area contributed by atoms with Gasteiger partial charge in [0.15, 0.2) is 0 Å². The van der Waals surface area contributed by atoms with E-state index in [1.165, 1.54) is 18.0 Å². The minimum atomic E-state index is 0.643. The maximum atomic E-state index is 5.52. The second-order valence-corrected chi connectivity index (χ2v) is 3.99. The van der Waals surface area contributed by atoms with Gasteiger partial charge in [0.1, 0.15) is 5.82 Å². The molecule has 0 amide bonds. The van der Waals surface area contributed by atoms with Gasteiger partial charge in [-0.25, -0.2) is 0 Å². The van der Waals surface area contributed by atoms with Crippen LogP contribution in [0, 0.1) is 12.8 Å². The third kappa shape index (κ3) is 2.38. The van der Waals surface area contributed by atoms with E-state index in [1.807, 2.05) is 6.92 Å². The first-order valence-corrected chi connectivity index (χ1v) is 5.26. The number of nitrogens with one attached hydrogen (secondary N) is 1. The number of ether oxygens (including phenoxy) is 1. The van der Waals surface area contributed by atoms with Crippen LogP contribution >= 0.6 is 11.5 Å². The maximum Gasteiger partial charge on any atom is 0.293 e. The minimum absolute atomic E-state index is 0.643. The monoisotopic (exact) mass is 199 g/mol. The summed E-state index contributed by atoms with van der Waals surface area (Å²) in [4.78, 5) is 4.14. The van der Waals surface area contributed by atoms with E-state index in [9.17, 15) is 0 Å². The van der Waals surface area contributed by atoms with Crippen molar-refractivity contribution in [3.8, 4) is 5.19 Å². The number of rotatable bonds is 3. The highest BCUT2D eigenvalue weighted by molar-refractivity contribution is 7.07. The molecular formula is C8H13N3OS. The minimum Gasteiger partial charge on any atom is -0.469 e. The molecular weight excluding hydrogens is 186 g/mol. The number of hydrogen-bond donors (Lipinski definition) is 1. The fraction of sp³-hybridized carbons (Fsp3) is 0.750. The summed E-state index contributed by atoms with van der Waals surface area (Å²) in [5, 5.41) is 4.00. The quantitative estimate of drug-likeness (QED) is 0.783. The molecule has 1 saturated heterocycles. The topological polar surface area (TPSA) is 47.0 Å². The summed E-state index contributed by atoms with van der Waals surface area (Å²) in [6.07, 6.45) is 1.21. The van der Waals surface area contributed by atoms with Gasteiger partial charge in [0.25, 0.3) is 5.19 Å². The molecule has 1 aliphatic heterocycles. The Morgan fingerprint density at radius 3 is 3.23 bits per heavy atom. The van der Waals surface area contributed by atoms with Crippen LogP contribution in [0.1, 0.15) is 12.2 Å². The molecule has 5 heteroatoms. The largest absolute Gasteiger partial charge is 0.469 e. The lowest BCUT2D eigenvalue weighted by molar-refractivity contribution is 0.258. The molecule has 1 fully saturated rings. The average Bonchev–Trinajstić information content (AvgIpc) is 2.71. The van der Waals surface area contributed by atoms with Crippen molar-refractivity contribution in [1.82, 2.24) is 14.7 Å². The Hall–Kier alpha value is -0.680. The Kier molecular flexibility index (Phi) is 2.75. The first kappa shape index (κ1) is 8.90. The van der Waals surface area contributed by atoms with Crippen LogP contribution in [-0.4, -0.2) is 29.1 Å². The van der Waals surface area contributed by atoms with Gasteiger partial charge in [-0.1, -0.05) is 0 Å². The zero-order valence-corrected chi connectivity index (χ0v) is 8.43. The Bertz CT molecular complexity index is 270. The molecule has 1 atom stereocenters. The molecule has 0 aromatic carbocycles. The molecule has 0 saturated carbocycles. The summed E-state index contributed by atoms with van der Waals surface area (Å²) in [5.74, 6) is 1.44. The number of hydrogen-bond acceptors (Lipinski definition) is 5. The molecule has 0 aliphatic carbocycles. The molecule has 72 valence electrons. The average molecular weight is 199 g/mol. The molecule has 2 rings (SSSR count). The molecule has 2 heterocycles. The highest BCUT2D eigenvalue weighted by atomic mass is 32.1. The molecule has 1 aliphatic rings. The molecule has 13 heavy (non-hydrogen) atoms. The van der Waals surface area contributed by atoms with Crippen LogP contribution in [0.4, 0.5) is 0 Å². The van der Waals surface area contributed by atoms with Gasteiger partial charge in [-0.15, -0.1) is 0 Å². The summed E-state index contributed by atoms with van der Waals surface area (Å²) in [6.45, 7) is 4.82. The van der Waals surface area contributed by atoms with Gasteiger partial charge < -0.3 is 10.1 Å². The van der Waals surface area contributed by atoms with Crippen molar-refractivity contribution in [2.75, 3.05) is 19.7 Å². The number of aromatic nitrogens is 2. The zero-order valence-electron chi connectivity index (χ0n) is 7.62. The Morgan fingerprint density at radius 2 is 2.62 bits per heavy atom. The third-order valence-corrected chi connectivity index (χ3v) is 2.83. The van der Waals surface area contributed by atoms with E-state index in [0.717, 1.165) is 25.5 Å². The van der Waals surface area contributed by atoms with Crippen molar-refractivity contribution >= 4 is 11.5 Å². The van der Waals surface area contributed by atoms with Crippen LogP contribution in [0.25, 0.3) is 0 Å². The van der Waals surface area contributed by atoms with Crippen LogP contribution in [0.3, 0.4) is 0 Å². The molecule has 0 spiro atoms. The van der Waals surface area contributed by atoms with Gasteiger partial charge in [-0.05, 0) is 19.9 Å². The van der Waals surface area contributed by atoms with Gasteiger partial charge in [-0.2, -0.15) is 9.36 Å². The normalized spacial score (nSPS) is 22.1. The Labute approximate surface area is 81.5 Å². The standard InChI is InChI=1S/C8H13N3OS/c1-6-10-8(13-11-6)12-5-7-2-3-9-4-7/h7,9H,2-5H2,1H3. The molecule has 1 aromatic heterocycles. The number of aryl methyl sites for hydroxylation is 1. The van der Waals surface area contributed by atoms with Crippen molar-refractivity contribution in [1.29, 1.82) is 0 Å². The lowest BCUT2D eigenvalue weighted by Crippen LogP contribution is -2.15. The predicted molar refractivity (Wildman–Crippen MR) is 51.1 cm³/mol. The highest BCUT2D eigenvalue weighted by Gasteiger charge is 2.15. The molecule has 4 nitrogen and oxygen atoms in total. The van der Waals surface area contributed by atoms with E-state index >= 15 is 0 Å². The molecule has 1 aromatic rings. The van der Waals surface area contributed by atoms with Crippen LogP contribution in [0.5, 0.6) is 5.19 Å². The van der Waals surface area contributed by atoms with Gasteiger partial charge >= 0.3 is 0 Å². The van der Waals surface area contributed by atoms with E-state index < -0.39 is 0 Å². The van der Waals surface area contributed by atoms with Crippen molar-refractivity contribution in [3.05, 3.63) is 5.82 Å². The van der Waals surface area contributed by atoms with E-state index in [2.05, 4.69) is 14.7 Å². The summed E-state index contributed by atoms with van der Waals surface area (Å²) in [7, 11) is 0. The second-order valence-electron chi connectivity index (χ2n) is 3.28. The Morgan fingerprint density at radius 1 is 1.69 bits per heavy atom. The number of nitrogens with zero attached hydrogens (tertiary/aromatic N) is 2.